The van der Waals surface area contributed by atoms with Crippen molar-refractivity contribution in [3.05, 3.63) is 24.5 Å². The van der Waals surface area contributed by atoms with Gasteiger partial charge in [0.15, 0.2) is 0 Å². The van der Waals surface area contributed by atoms with E-state index in [0.717, 1.165) is 42.7 Å². The van der Waals surface area contributed by atoms with Crippen LogP contribution in [0.15, 0.2) is 29.4 Å². The summed E-state index contributed by atoms with van der Waals surface area (Å²) in [5.74, 6) is 0.789. The van der Waals surface area contributed by atoms with E-state index >= 15 is 0 Å². The highest BCUT2D eigenvalue weighted by Gasteiger charge is 2.17. The molecule has 7 heteroatoms. The van der Waals surface area contributed by atoms with Crippen molar-refractivity contribution >= 4 is 36.5 Å². The average molecular weight is 312 g/mol. The smallest absolute Gasteiger partial charge is 0.261 e. The van der Waals surface area contributed by atoms with Crippen molar-refractivity contribution in [2.24, 2.45) is 0 Å². The van der Waals surface area contributed by atoms with Gasteiger partial charge in [0.2, 0.25) is 0 Å². The van der Waals surface area contributed by atoms with Crippen molar-refractivity contribution in [1.29, 1.82) is 0 Å². The van der Waals surface area contributed by atoms with E-state index in [1.807, 2.05) is 0 Å². The monoisotopic (exact) mass is 311 g/mol. The van der Waals surface area contributed by atoms with E-state index in [1.54, 1.807) is 12.1 Å². The van der Waals surface area contributed by atoms with Crippen LogP contribution in [0.3, 0.4) is 0 Å². The molecule has 0 spiro atoms. The van der Waals surface area contributed by atoms with Crippen LogP contribution in [0, 0.1) is 0 Å². The molecule has 20 heavy (non-hydrogen) atoms. The van der Waals surface area contributed by atoms with Crippen molar-refractivity contribution in [3.8, 4) is 0 Å². The van der Waals surface area contributed by atoms with Crippen LogP contribution in [0.25, 0.3) is 10.9 Å². The van der Waals surface area contributed by atoms with E-state index in [2.05, 4.69) is 14.9 Å². The van der Waals surface area contributed by atoms with Crippen LogP contribution in [0.1, 0.15) is 19.3 Å². The number of benzene rings is 1. The molecule has 0 atom stereocenters. The summed E-state index contributed by atoms with van der Waals surface area (Å²) in [6.07, 6.45) is 4.99. The lowest BCUT2D eigenvalue weighted by molar-refractivity contribution is 0.574. The molecule has 0 bridgehead atoms. The first kappa shape index (κ1) is 13.6. The summed E-state index contributed by atoms with van der Waals surface area (Å²) in [6.45, 7) is 1.87. The summed E-state index contributed by atoms with van der Waals surface area (Å²) >= 11 is 0. The molecule has 3 rings (SSSR count). The molecule has 0 amide bonds. The average Bonchev–Trinajstić information content (AvgIpc) is 2.46. The van der Waals surface area contributed by atoms with E-state index in [9.17, 15) is 8.42 Å². The molecule has 0 aliphatic carbocycles. The van der Waals surface area contributed by atoms with Gasteiger partial charge in [0.1, 0.15) is 12.1 Å². The predicted molar refractivity (Wildman–Crippen MR) is 78.6 cm³/mol. The van der Waals surface area contributed by atoms with Crippen LogP contribution in [-0.4, -0.2) is 31.5 Å². The molecule has 1 aromatic carbocycles. The molecule has 5 nitrogen and oxygen atoms in total. The lowest BCUT2D eigenvalue weighted by Crippen LogP contribution is -2.30. The van der Waals surface area contributed by atoms with Gasteiger partial charge in [-0.05, 0) is 37.5 Å². The maximum atomic E-state index is 11.5. The largest absolute Gasteiger partial charge is 0.356 e. The molecule has 0 N–H and O–H groups in total. The first-order valence-electron chi connectivity index (χ1n) is 6.50. The van der Waals surface area contributed by atoms with Crippen molar-refractivity contribution < 1.29 is 8.42 Å². The Balaban J connectivity index is 2.16. The quantitative estimate of drug-likeness (QED) is 0.798. The van der Waals surface area contributed by atoms with Gasteiger partial charge < -0.3 is 4.90 Å². The summed E-state index contributed by atoms with van der Waals surface area (Å²) < 4.78 is 23.0. The summed E-state index contributed by atoms with van der Waals surface area (Å²) in [4.78, 5) is 10.8. The fourth-order valence-corrected chi connectivity index (χ4v) is 3.31. The molecule has 0 radical (unpaired) electrons. The number of fused-ring (bicyclic) bond motifs is 1. The maximum absolute atomic E-state index is 11.5. The van der Waals surface area contributed by atoms with Gasteiger partial charge in [-0.3, -0.25) is 0 Å². The van der Waals surface area contributed by atoms with Crippen molar-refractivity contribution in [3.63, 3.8) is 0 Å². The van der Waals surface area contributed by atoms with Crippen molar-refractivity contribution in [2.45, 2.75) is 24.2 Å². The topological polar surface area (TPSA) is 63.2 Å². The van der Waals surface area contributed by atoms with E-state index < -0.39 is 9.05 Å². The molecular weight excluding hydrogens is 298 g/mol. The molecule has 0 unspecified atom stereocenters. The summed E-state index contributed by atoms with van der Waals surface area (Å²) in [7, 11) is 1.67. The molecule has 1 aromatic heterocycles. The number of hydrogen-bond acceptors (Lipinski definition) is 5. The van der Waals surface area contributed by atoms with Crippen LogP contribution in [0.4, 0.5) is 5.82 Å². The van der Waals surface area contributed by atoms with Gasteiger partial charge >= 0.3 is 0 Å². The van der Waals surface area contributed by atoms with E-state index in [4.69, 9.17) is 10.7 Å². The Labute approximate surface area is 122 Å². The van der Waals surface area contributed by atoms with Crippen LogP contribution < -0.4 is 4.90 Å². The van der Waals surface area contributed by atoms with Gasteiger partial charge in [0.05, 0.1) is 10.4 Å². The summed E-state index contributed by atoms with van der Waals surface area (Å²) in [5.41, 5.74) is 0.727. The minimum atomic E-state index is -3.74. The lowest BCUT2D eigenvalue weighted by Gasteiger charge is -2.28. The summed E-state index contributed by atoms with van der Waals surface area (Å²) in [5, 5.41) is 0.733. The Morgan fingerprint density at radius 3 is 2.55 bits per heavy atom. The SMILES string of the molecule is O=S(=O)(Cl)c1ccc2ncnc(N3CCCCC3)c2c1. The normalized spacial score (nSPS) is 16.6. The zero-order valence-electron chi connectivity index (χ0n) is 10.8. The number of anilines is 1. The van der Waals surface area contributed by atoms with Crippen molar-refractivity contribution in [1.82, 2.24) is 9.97 Å². The number of halogens is 1. The lowest BCUT2D eigenvalue weighted by atomic mass is 10.1. The van der Waals surface area contributed by atoms with Crippen LogP contribution >= 0.6 is 10.7 Å². The van der Waals surface area contributed by atoms with Crippen LogP contribution in [0.5, 0.6) is 0 Å². The molecule has 1 fully saturated rings. The van der Waals surface area contributed by atoms with Crippen LogP contribution in [-0.2, 0) is 9.05 Å². The van der Waals surface area contributed by atoms with Gasteiger partial charge in [-0.15, -0.1) is 0 Å². The third kappa shape index (κ3) is 2.58. The molecule has 2 aromatic rings. The fourth-order valence-electron chi connectivity index (χ4n) is 2.53. The van der Waals surface area contributed by atoms with E-state index in [-0.39, 0.29) is 4.90 Å². The second-order valence-electron chi connectivity index (χ2n) is 4.86. The van der Waals surface area contributed by atoms with E-state index in [0.29, 0.717) is 0 Å². The molecule has 1 aliphatic rings. The highest BCUT2D eigenvalue weighted by atomic mass is 35.7. The number of piperidine rings is 1. The number of nitrogens with zero attached hydrogens (tertiary/aromatic N) is 3. The Kier molecular flexibility index (Phi) is 3.52. The third-order valence-electron chi connectivity index (χ3n) is 3.52. The van der Waals surface area contributed by atoms with Gasteiger partial charge in [-0.2, -0.15) is 0 Å². The number of hydrogen-bond donors (Lipinski definition) is 0. The highest BCUT2D eigenvalue weighted by Crippen LogP contribution is 2.28. The second-order valence-corrected chi connectivity index (χ2v) is 7.43. The molecule has 1 saturated heterocycles. The molecule has 2 heterocycles. The van der Waals surface area contributed by atoms with Gasteiger partial charge in [0, 0.05) is 29.2 Å². The van der Waals surface area contributed by atoms with Gasteiger partial charge in [-0.25, -0.2) is 18.4 Å². The minimum Gasteiger partial charge on any atom is -0.356 e. The minimum absolute atomic E-state index is 0.0831. The van der Waals surface area contributed by atoms with Gasteiger partial charge in [0.25, 0.3) is 9.05 Å². The Morgan fingerprint density at radius 1 is 1.10 bits per heavy atom. The molecular formula is C13H14ClN3O2S. The first-order valence-corrected chi connectivity index (χ1v) is 8.81. The first-order chi connectivity index (χ1) is 9.55. The van der Waals surface area contributed by atoms with Gasteiger partial charge in [-0.1, -0.05) is 0 Å². The second kappa shape index (κ2) is 5.18. The Hall–Kier alpha value is -1.40. The molecule has 106 valence electrons. The maximum Gasteiger partial charge on any atom is 0.261 e. The number of aromatic nitrogens is 2. The number of rotatable bonds is 2. The standard InChI is InChI=1S/C13H14ClN3O2S/c14-20(18,19)10-4-5-12-11(8-10)13(16-9-15-12)17-6-2-1-3-7-17/h4-5,8-9H,1-3,6-7H2. The zero-order chi connectivity index (χ0) is 14.2. The predicted octanol–water partition coefficient (Wildman–Crippen LogP) is 2.55. The van der Waals surface area contributed by atoms with Crippen LogP contribution in [0.2, 0.25) is 0 Å². The van der Waals surface area contributed by atoms with E-state index in [1.165, 1.54) is 18.8 Å². The Bertz CT molecular complexity index is 742. The summed E-state index contributed by atoms with van der Waals surface area (Å²) in [6, 6.07) is 4.69. The third-order valence-corrected chi connectivity index (χ3v) is 4.87. The van der Waals surface area contributed by atoms with Crippen molar-refractivity contribution in [2.75, 3.05) is 18.0 Å². The molecule has 1 aliphatic heterocycles. The highest BCUT2D eigenvalue weighted by molar-refractivity contribution is 8.13. The zero-order valence-corrected chi connectivity index (χ0v) is 12.4. The Morgan fingerprint density at radius 2 is 1.85 bits per heavy atom. The molecule has 0 saturated carbocycles. The fraction of sp³-hybridized carbons (Fsp3) is 0.385.